The number of hydrogen-bond acceptors (Lipinski definition) is 3. The average Bonchev–Trinajstić information content (AvgIpc) is 3.77. The molecule has 64 heavy (non-hydrogen) atoms. The first-order valence-corrected chi connectivity index (χ1v) is 22.5. The van der Waals surface area contributed by atoms with Crippen molar-refractivity contribution in [2.75, 3.05) is 0 Å². The van der Waals surface area contributed by atoms with Crippen LogP contribution in [0.3, 0.4) is 0 Å². The van der Waals surface area contributed by atoms with Crippen molar-refractivity contribution in [3.8, 4) is 50.7 Å². The highest BCUT2D eigenvalue weighted by Crippen LogP contribution is 2.69. The van der Waals surface area contributed by atoms with E-state index in [1.165, 1.54) is 18.6 Å². The second kappa shape index (κ2) is 13.2. The minimum absolute atomic E-state index is 0.288. The molecule has 0 amide bonds. The molecular weight excluding hydrogens is 798 g/mol. The minimum Gasteiger partial charge on any atom is -0.294 e. The quantitative estimate of drug-likeness (QED) is 0.177. The average molecular weight is 837 g/mol. The van der Waals surface area contributed by atoms with Gasteiger partial charge < -0.3 is 0 Å². The van der Waals surface area contributed by atoms with Gasteiger partial charge in [0.25, 0.3) is 0 Å². The van der Waals surface area contributed by atoms with Gasteiger partial charge in [-0.3, -0.25) is 9.55 Å². The lowest BCUT2D eigenvalue weighted by Crippen LogP contribution is -2.55. The molecule has 5 aliphatic rings. The maximum atomic E-state index is 17.2. The van der Waals surface area contributed by atoms with Gasteiger partial charge in [0.15, 0.2) is 17.5 Å². The Morgan fingerprint density at radius 3 is 1.98 bits per heavy atom. The zero-order valence-corrected chi connectivity index (χ0v) is 34.7. The molecule has 0 aliphatic heterocycles. The molecule has 5 aliphatic carbocycles. The van der Waals surface area contributed by atoms with E-state index >= 15 is 13.2 Å². The Morgan fingerprint density at radius 1 is 0.484 bits per heavy atom. The largest absolute Gasteiger partial charge is 0.294 e. The number of nitrogens with zero attached hydrogens (tertiary/aromatic N) is 4. The Kier molecular flexibility index (Phi) is 7.51. The van der Waals surface area contributed by atoms with E-state index in [4.69, 9.17) is 15.0 Å². The first kappa shape index (κ1) is 36.4. The number of hydrogen-bond donors (Lipinski definition) is 0. The van der Waals surface area contributed by atoms with Gasteiger partial charge in [0.1, 0.15) is 11.6 Å². The molecule has 3 heterocycles. The van der Waals surface area contributed by atoms with Crippen molar-refractivity contribution in [1.82, 2.24) is 19.5 Å². The number of pyridine rings is 1. The molecule has 4 nitrogen and oxygen atoms in total. The maximum absolute atomic E-state index is 17.2. The zero-order chi connectivity index (χ0) is 42.4. The highest BCUT2D eigenvalue weighted by Gasteiger charge is 2.62. The lowest BCUT2D eigenvalue weighted by atomic mass is 9.43. The van der Waals surface area contributed by atoms with E-state index in [1.54, 1.807) is 12.3 Å². The van der Waals surface area contributed by atoms with Gasteiger partial charge in [-0.2, -0.15) is 0 Å². The van der Waals surface area contributed by atoms with Crippen LogP contribution in [0.15, 0.2) is 152 Å². The monoisotopic (exact) mass is 836 g/mol. The summed E-state index contributed by atoms with van der Waals surface area (Å²) in [6.45, 7) is 0. The van der Waals surface area contributed by atoms with Crippen LogP contribution in [0.2, 0.25) is 0 Å². The fourth-order valence-electron chi connectivity index (χ4n) is 13.2. The number of aromatic nitrogens is 4. The van der Waals surface area contributed by atoms with Crippen molar-refractivity contribution < 1.29 is 13.2 Å². The Labute approximate surface area is 367 Å². The molecule has 308 valence electrons. The van der Waals surface area contributed by atoms with Crippen LogP contribution in [-0.4, -0.2) is 19.5 Å². The fraction of sp³-hybridized carbons (Fsp3) is 0.175. The van der Waals surface area contributed by atoms with Crippen LogP contribution in [-0.2, 0) is 5.41 Å². The molecule has 1 spiro atoms. The molecule has 4 bridgehead atoms. The first-order valence-electron chi connectivity index (χ1n) is 22.5. The highest BCUT2D eigenvalue weighted by molar-refractivity contribution is 6.14. The van der Waals surface area contributed by atoms with Crippen LogP contribution in [0, 0.1) is 41.1 Å². The first-order chi connectivity index (χ1) is 31.4. The highest BCUT2D eigenvalue weighted by atomic mass is 19.2. The molecule has 0 N–H and O–H groups in total. The van der Waals surface area contributed by atoms with Crippen LogP contribution in [0.1, 0.15) is 43.2 Å². The number of benzene rings is 7. The van der Waals surface area contributed by atoms with Gasteiger partial charge in [0.05, 0.1) is 22.2 Å². The molecule has 0 radical (unpaired) electrons. The maximum Gasteiger partial charge on any atom is 0.162 e. The normalized spacial score (nSPS) is 21.7. The fourth-order valence-corrected chi connectivity index (χ4v) is 13.2. The molecule has 0 saturated heterocycles. The van der Waals surface area contributed by atoms with E-state index in [2.05, 4.69) is 71.3 Å². The van der Waals surface area contributed by atoms with E-state index in [-0.39, 0.29) is 17.7 Å². The van der Waals surface area contributed by atoms with Crippen LogP contribution in [0.4, 0.5) is 13.2 Å². The molecule has 10 aromatic rings. The molecule has 4 fully saturated rings. The topological polar surface area (TPSA) is 43.6 Å². The van der Waals surface area contributed by atoms with Crippen molar-refractivity contribution >= 4 is 43.5 Å². The summed E-state index contributed by atoms with van der Waals surface area (Å²) in [4.78, 5) is 15.2. The molecule has 0 unspecified atom stereocenters. The SMILES string of the molecule is Fc1cc2c(cc1F)C1(c3cc(F)c(-c4ccc5c(c4)c4cc6ncccc6cc4n5-c4cc(-c5ccc6ccccc6c5)nc(-c5ccccc5)n4)cc3-2)C2CC3CC(C2)CC1C3. The van der Waals surface area contributed by atoms with Gasteiger partial charge in [-0.05, 0) is 155 Å². The third-order valence-electron chi connectivity index (χ3n) is 15.6. The van der Waals surface area contributed by atoms with E-state index < -0.39 is 17.0 Å². The summed E-state index contributed by atoms with van der Waals surface area (Å²) in [5.74, 6) is 1.18. The third kappa shape index (κ3) is 5.09. The Balaban J connectivity index is 0.988. The van der Waals surface area contributed by atoms with Crippen molar-refractivity contribution in [1.29, 1.82) is 0 Å². The smallest absolute Gasteiger partial charge is 0.162 e. The van der Waals surface area contributed by atoms with Crippen molar-refractivity contribution in [2.24, 2.45) is 23.7 Å². The summed E-state index contributed by atoms with van der Waals surface area (Å²) in [5.41, 5.74) is 9.27. The van der Waals surface area contributed by atoms with Gasteiger partial charge in [-0.15, -0.1) is 0 Å². The van der Waals surface area contributed by atoms with Crippen molar-refractivity contribution in [3.63, 3.8) is 0 Å². The van der Waals surface area contributed by atoms with E-state index in [1.807, 2.05) is 60.7 Å². The van der Waals surface area contributed by atoms with Gasteiger partial charge in [0, 0.05) is 50.5 Å². The molecular formula is C57H39F3N4. The minimum atomic E-state index is -0.865. The van der Waals surface area contributed by atoms with Gasteiger partial charge >= 0.3 is 0 Å². The van der Waals surface area contributed by atoms with E-state index in [0.29, 0.717) is 40.2 Å². The Bertz CT molecular complexity index is 3600. The van der Waals surface area contributed by atoms with E-state index in [9.17, 15) is 0 Å². The Morgan fingerprint density at radius 2 is 1.17 bits per heavy atom. The van der Waals surface area contributed by atoms with Crippen molar-refractivity contribution in [2.45, 2.75) is 37.5 Å². The summed E-state index contributed by atoms with van der Waals surface area (Å²) in [5, 5.41) is 5.12. The zero-order valence-electron chi connectivity index (χ0n) is 34.7. The van der Waals surface area contributed by atoms with Crippen molar-refractivity contribution in [3.05, 3.63) is 180 Å². The molecule has 7 aromatic carbocycles. The number of rotatable bonds is 4. The standard InChI is InChI=1S/C57H39F3N4/c58-48-28-46-42(43-26-49(59)50(60)29-47(43)57(46)39-18-31-17-32(20-39)21-40(57)19-31)25-41(48)36-14-15-53-44(23-36)45-27-51-37(11-6-16-61-51)24-54(45)64(53)55-30-52(62-56(63-55)34-8-2-1-3-9-34)38-13-12-33-7-4-5-10-35(33)22-38/h1-16,22-32,39-40H,17-21H2. The predicted octanol–water partition coefficient (Wildman–Crippen LogP) is 14.4. The summed E-state index contributed by atoms with van der Waals surface area (Å²) >= 11 is 0. The molecule has 3 aromatic heterocycles. The third-order valence-corrected chi connectivity index (χ3v) is 15.6. The second-order valence-corrected chi connectivity index (χ2v) is 18.9. The Hall–Kier alpha value is -7.12. The molecule has 15 rings (SSSR count). The molecule has 7 heteroatoms. The van der Waals surface area contributed by atoms with Crippen LogP contribution in [0.25, 0.3) is 94.2 Å². The summed E-state index contributed by atoms with van der Waals surface area (Å²) in [6, 6.07) is 47.7. The number of fused-ring (bicyclic) bond motifs is 8. The van der Waals surface area contributed by atoms with E-state index in [0.717, 1.165) is 103 Å². The van der Waals surface area contributed by atoms with Gasteiger partial charge in [-0.25, -0.2) is 23.1 Å². The van der Waals surface area contributed by atoms with Crippen LogP contribution >= 0.6 is 0 Å². The van der Waals surface area contributed by atoms with Gasteiger partial charge in [-0.1, -0.05) is 78.9 Å². The summed E-state index contributed by atoms with van der Waals surface area (Å²) < 4.78 is 50.0. The lowest BCUT2D eigenvalue weighted by Gasteiger charge is -2.61. The number of halogens is 3. The summed E-state index contributed by atoms with van der Waals surface area (Å²) in [7, 11) is 0. The molecule has 4 saturated carbocycles. The second-order valence-electron chi connectivity index (χ2n) is 18.9. The molecule has 0 atom stereocenters. The van der Waals surface area contributed by atoms with Crippen LogP contribution < -0.4 is 0 Å². The lowest BCUT2D eigenvalue weighted by molar-refractivity contribution is -0.0401. The van der Waals surface area contributed by atoms with Crippen LogP contribution in [0.5, 0.6) is 0 Å². The predicted molar refractivity (Wildman–Crippen MR) is 249 cm³/mol. The summed E-state index contributed by atoms with van der Waals surface area (Å²) in [6.07, 6.45) is 7.29. The van der Waals surface area contributed by atoms with Gasteiger partial charge in [0.2, 0.25) is 0 Å².